The van der Waals surface area contributed by atoms with Crippen molar-refractivity contribution in [2.75, 3.05) is 0 Å². The number of nitrogens with two attached hydrogens (primary N) is 1. The molecular formula is C12H21N3OS. The first-order chi connectivity index (χ1) is 7.82. The highest BCUT2D eigenvalue weighted by Gasteiger charge is 2.23. The molecule has 2 atom stereocenters. The van der Waals surface area contributed by atoms with Gasteiger partial charge in [0.05, 0.1) is 16.7 Å². The van der Waals surface area contributed by atoms with Crippen LogP contribution in [0.25, 0.3) is 0 Å². The molecule has 4 nitrogen and oxygen atoms in total. The van der Waals surface area contributed by atoms with Crippen molar-refractivity contribution in [1.29, 1.82) is 0 Å². The Morgan fingerprint density at radius 2 is 1.94 bits per heavy atom. The van der Waals surface area contributed by atoms with Gasteiger partial charge in [0.25, 0.3) is 0 Å². The standard InChI is InChI=1S/C12H21N3OS/c1-6(2)10(12(13)16)14-7(3)11-8(4)17-9(5)15-11/h6-7,10,14H,1-5H3,(H2,13,16). The zero-order valence-electron chi connectivity index (χ0n) is 11.1. The molecule has 5 heteroatoms. The zero-order chi connectivity index (χ0) is 13.2. The fourth-order valence-corrected chi connectivity index (χ4v) is 2.81. The predicted octanol–water partition coefficient (Wildman–Crippen LogP) is 1.92. The van der Waals surface area contributed by atoms with E-state index in [1.165, 1.54) is 4.88 Å². The zero-order valence-corrected chi connectivity index (χ0v) is 11.9. The molecular weight excluding hydrogens is 234 g/mol. The van der Waals surface area contributed by atoms with Crippen LogP contribution >= 0.6 is 11.3 Å². The summed E-state index contributed by atoms with van der Waals surface area (Å²) in [4.78, 5) is 17.0. The molecule has 0 aliphatic heterocycles. The minimum atomic E-state index is -0.314. The number of aryl methyl sites for hydroxylation is 2. The number of amides is 1. The molecule has 0 aliphatic rings. The number of aromatic nitrogens is 1. The van der Waals surface area contributed by atoms with E-state index in [1.807, 2.05) is 34.6 Å². The summed E-state index contributed by atoms with van der Waals surface area (Å²) in [5, 5.41) is 4.30. The van der Waals surface area contributed by atoms with E-state index in [0.29, 0.717) is 0 Å². The first-order valence-corrected chi connectivity index (χ1v) is 6.63. The van der Waals surface area contributed by atoms with E-state index in [2.05, 4.69) is 10.3 Å². The maximum Gasteiger partial charge on any atom is 0.234 e. The van der Waals surface area contributed by atoms with E-state index < -0.39 is 0 Å². The highest BCUT2D eigenvalue weighted by atomic mass is 32.1. The largest absolute Gasteiger partial charge is 0.368 e. The van der Waals surface area contributed by atoms with Crippen LogP contribution in [0.1, 0.15) is 42.4 Å². The van der Waals surface area contributed by atoms with Gasteiger partial charge in [0.15, 0.2) is 0 Å². The van der Waals surface area contributed by atoms with Crippen LogP contribution in [0.3, 0.4) is 0 Å². The van der Waals surface area contributed by atoms with E-state index in [1.54, 1.807) is 11.3 Å². The second-order valence-electron chi connectivity index (χ2n) is 4.69. The minimum absolute atomic E-state index is 0.0415. The summed E-state index contributed by atoms with van der Waals surface area (Å²) in [6, 6.07) is -0.272. The van der Waals surface area contributed by atoms with Crippen molar-refractivity contribution in [3.05, 3.63) is 15.6 Å². The number of rotatable bonds is 5. The second-order valence-corrected chi connectivity index (χ2v) is 6.09. The van der Waals surface area contributed by atoms with Gasteiger partial charge < -0.3 is 5.73 Å². The van der Waals surface area contributed by atoms with Crippen LogP contribution in [0.4, 0.5) is 0 Å². The van der Waals surface area contributed by atoms with Gasteiger partial charge >= 0.3 is 0 Å². The lowest BCUT2D eigenvalue weighted by atomic mass is 10.0. The molecule has 0 saturated heterocycles. The molecule has 1 heterocycles. The SMILES string of the molecule is Cc1nc(C(C)NC(C(N)=O)C(C)C)c(C)s1. The molecule has 1 amide bonds. The van der Waals surface area contributed by atoms with Crippen molar-refractivity contribution in [3.63, 3.8) is 0 Å². The first kappa shape index (κ1) is 14.1. The van der Waals surface area contributed by atoms with Crippen molar-refractivity contribution >= 4 is 17.2 Å². The van der Waals surface area contributed by atoms with Crippen LogP contribution in [0.5, 0.6) is 0 Å². The Kier molecular flexibility index (Phi) is 4.65. The Bertz CT molecular complexity index is 400. The number of nitrogens with zero attached hydrogens (tertiary/aromatic N) is 1. The summed E-state index contributed by atoms with van der Waals surface area (Å²) in [5.74, 6) is -0.133. The van der Waals surface area contributed by atoms with Crippen molar-refractivity contribution in [2.45, 2.75) is 46.7 Å². The molecule has 0 bridgehead atoms. The third-order valence-corrected chi connectivity index (χ3v) is 3.65. The molecule has 0 spiro atoms. The van der Waals surface area contributed by atoms with Gasteiger partial charge in [0.2, 0.25) is 5.91 Å². The minimum Gasteiger partial charge on any atom is -0.368 e. The molecule has 0 saturated carbocycles. The van der Waals surface area contributed by atoms with E-state index in [-0.39, 0.29) is 23.9 Å². The van der Waals surface area contributed by atoms with Gasteiger partial charge in [0.1, 0.15) is 0 Å². The Morgan fingerprint density at radius 3 is 2.29 bits per heavy atom. The van der Waals surface area contributed by atoms with Gasteiger partial charge in [0, 0.05) is 10.9 Å². The highest BCUT2D eigenvalue weighted by molar-refractivity contribution is 7.11. The van der Waals surface area contributed by atoms with Crippen LogP contribution in [0.15, 0.2) is 0 Å². The molecule has 1 aromatic heterocycles. The van der Waals surface area contributed by atoms with Crippen LogP contribution in [-0.4, -0.2) is 16.9 Å². The Hall–Kier alpha value is -0.940. The maximum absolute atomic E-state index is 11.3. The summed E-state index contributed by atoms with van der Waals surface area (Å²) in [6.07, 6.45) is 0. The van der Waals surface area contributed by atoms with Gasteiger partial charge in [-0.15, -0.1) is 11.3 Å². The molecule has 96 valence electrons. The highest BCUT2D eigenvalue weighted by Crippen LogP contribution is 2.23. The lowest BCUT2D eigenvalue weighted by Crippen LogP contribution is -2.46. The van der Waals surface area contributed by atoms with Gasteiger partial charge in [-0.25, -0.2) is 4.98 Å². The van der Waals surface area contributed by atoms with E-state index in [9.17, 15) is 4.79 Å². The molecule has 0 fully saturated rings. The van der Waals surface area contributed by atoms with Crippen LogP contribution < -0.4 is 11.1 Å². The molecule has 0 aromatic carbocycles. The Morgan fingerprint density at radius 1 is 1.35 bits per heavy atom. The summed E-state index contributed by atoms with van der Waals surface area (Å²) in [6.45, 7) is 10.0. The van der Waals surface area contributed by atoms with Gasteiger partial charge in [-0.3, -0.25) is 10.1 Å². The van der Waals surface area contributed by atoms with Crippen LogP contribution in [-0.2, 0) is 4.79 Å². The molecule has 2 unspecified atom stereocenters. The predicted molar refractivity (Wildman–Crippen MR) is 71.0 cm³/mol. The molecule has 0 aliphatic carbocycles. The number of carbonyl (C=O) groups is 1. The topological polar surface area (TPSA) is 68.0 Å². The van der Waals surface area contributed by atoms with Gasteiger partial charge in [-0.1, -0.05) is 13.8 Å². The van der Waals surface area contributed by atoms with Crippen LogP contribution in [0, 0.1) is 19.8 Å². The van der Waals surface area contributed by atoms with Gasteiger partial charge in [-0.05, 0) is 26.7 Å². The molecule has 1 rings (SSSR count). The third kappa shape index (κ3) is 3.51. The number of nitrogens with one attached hydrogen (secondary N) is 1. The lowest BCUT2D eigenvalue weighted by Gasteiger charge is -2.23. The normalized spacial score (nSPS) is 14.9. The van der Waals surface area contributed by atoms with Crippen molar-refractivity contribution in [1.82, 2.24) is 10.3 Å². The quantitative estimate of drug-likeness (QED) is 0.844. The van der Waals surface area contributed by atoms with Crippen LogP contribution in [0.2, 0.25) is 0 Å². The summed E-state index contributed by atoms with van der Waals surface area (Å²) in [5.41, 5.74) is 6.40. The van der Waals surface area contributed by atoms with Crippen molar-refractivity contribution in [2.24, 2.45) is 11.7 Å². The molecule has 1 aromatic rings. The molecule has 0 radical (unpaired) electrons. The lowest BCUT2D eigenvalue weighted by molar-refractivity contribution is -0.121. The molecule has 17 heavy (non-hydrogen) atoms. The van der Waals surface area contributed by atoms with E-state index >= 15 is 0 Å². The summed E-state index contributed by atoms with van der Waals surface area (Å²) < 4.78 is 0. The van der Waals surface area contributed by atoms with Crippen molar-refractivity contribution < 1.29 is 4.79 Å². The second kappa shape index (κ2) is 5.60. The summed E-state index contributed by atoms with van der Waals surface area (Å²) >= 11 is 1.67. The maximum atomic E-state index is 11.3. The number of carbonyl (C=O) groups excluding carboxylic acids is 1. The van der Waals surface area contributed by atoms with E-state index in [4.69, 9.17) is 5.73 Å². The van der Waals surface area contributed by atoms with E-state index in [0.717, 1.165) is 10.7 Å². The number of hydrogen-bond acceptors (Lipinski definition) is 4. The monoisotopic (exact) mass is 255 g/mol. The number of primary amides is 1. The summed E-state index contributed by atoms with van der Waals surface area (Å²) in [7, 11) is 0. The third-order valence-electron chi connectivity index (χ3n) is 2.75. The Labute approximate surface area is 107 Å². The van der Waals surface area contributed by atoms with Crippen molar-refractivity contribution in [3.8, 4) is 0 Å². The first-order valence-electron chi connectivity index (χ1n) is 5.82. The number of hydrogen-bond donors (Lipinski definition) is 2. The fraction of sp³-hybridized carbons (Fsp3) is 0.667. The Balaban J connectivity index is 2.80. The smallest absolute Gasteiger partial charge is 0.234 e. The molecule has 3 N–H and O–H groups in total. The fourth-order valence-electron chi connectivity index (χ4n) is 1.90. The van der Waals surface area contributed by atoms with Gasteiger partial charge in [-0.2, -0.15) is 0 Å². The average Bonchev–Trinajstić information content (AvgIpc) is 2.53. The average molecular weight is 255 g/mol. The number of thiazole rings is 1.